The van der Waals surface area contributed by atoms with Crippen LogP contribution in [0.25, 0.3) is 10.9 Å². The molecule has 1 fully saturated rings. The van der Waals surface area contributed by atoms with Gasteiger partial charge in [-0.05, 0) is 59.7 Å². The Kier molecular flexibility index (Phi) is 5.57. The van der Waals surface area contributed by atoms with Gasteiger partial charge in [-0.15, -0.1) is 0 Å². The van der Waals surface area contributed by atoms with E-state index in [4.69, 9.17) is 0 Å². The molecule has 1 saturated heterocycles. The molecule has 0 atom stereocenters. The number of anilines is 3. The molecule has 158 valence electrons. The second-order valence-electron chi connectivity index (χ2n) is 6.98. The van der Waals surface area contributed by atoms with Crippen molar-refractivity contribution in [1.82, 2.24) is 15.0 Å². The van der Waals surface area contributed by atoms with E-state index in [0.717, 1.165) is 12.1 Å². The summed E-state index contributed by atoms with van der Waals surface area (Å²) in [6, 6.07) is 4.50. The van der Waals surface area contributed by atoms with E-state index in [1.807, 2.05) is 4.90 Å². The predicted molar refractivity (Wildman–Crippen MR) is 115 cm³/mol. The van der Waals surface area contributed by atoms with Gasteiger partial charge in [0.15, 0.2) is 0 Å². The summed E-state index contributed by atoms with van der Waals surface area (Å²) in [6.07, 6.45) is -2.09. The minimum Gasteiger partial charge on any atom is -0.393 e. The van der Waals surface area contributed by atoms with Gasteiger partial charge in [0, 0.05) is 25.0 Å². The van der Waals surface area contributed by atoms with Crippen LogP contribution in [0.2, 0.25) is 0 Å². The number of aliphatic hydroxyl groups excluding tert-OH is 1. The van der Waals surface area contributed by atoms with Gasteiger partial charge in [0.1, 0.15) is 11.2 Å². The number of benzene rings is 1. The smallest absolute Gasteiger partial charge is 0.393 e. The van der Waals surface area contributed by atoms with Gasteiger partial charge >= 0.3 is 6.18 Å². The number of aromatic amines is 1. The molecule has 3 aromatic rings. The molecule has 0 spiro atoms. The standard InChI is InChI=1S/C19H17F3IN5O2/c20-19(21,22)10-1-3-11(4-2-10)25-16-14-15(13(23)9-24-17(14)30)26-18(27-16)28-7-5-12(29)6-8-28/h1-4,9,12,29H,5-8H2,(H,24,30)(H,25,26,27). The number of pyridine rings is 1. The lowest BCUT2D eigenvalue weighted by molar-refractivity contribution is -0.137. The third-order valence-electron chi connectivity index (χ3n) is 4.90. The van der Waals surface area contributed by atoms with Crippen molar-refractivity contribution in [2.75, 3.05) is 23.3 Å². The molecule has 30 heavy (non-hydrogen) atoms. The Bertz CT molecular complexity index is 1130. The van der Waals surface area contributed by atoms with E-state index < -0.39 is 17.3 Å². The molecule has 0 aliphatic carbocycles. The van der Waals surface area contributed by atoms with Crippen LogP contribution in [0, 0.1) is 3.57 Å². The summed E-state index contributed by atoms with van der Waals surface area (Å²) in [5.41, 5.74) is -0.354. The Morgan fingerprint density at radius 3 is 2.47 bits per heavy atom. The lowest BCUT2D eigenvalue weighted by Crippen LogP contribution is -2.37. The Hall–Kier alpha value is -2.41. The van der Waals surface area contributed by atoms with Gasteiger partial charge < -0.3 is 20.3 Å². The van der Waals surface area contributed by atoms with Crippen molar-refractivity contribution in [1.29, 1.82) is 0 Å². The van der Waals surface area contributed by atoms with Gasteiger partial charge in [-0.2, -0.15) is 18.2 Å². The van der Waals surface area contributed by atoms with Crippen molar-refractivity contribution in [2.24, 2.45) is 0 Å². The van der Waals surface area contributed by atoms with Crippen molar-refractivity contribution in [3.63, 3.8) is 0 Å². The van der Waals surface area contributed by atoms with E-state index in [1.165, 1.54) is 12.1 Å². The molecule has 3 N–H and O–H groups in total. The summed E-state index contributed by atoms with van der Waals surface area (Å²) in [7, 11) is 0. The summed E-state index contributed by atoms with van der Waals surface area (Å²) >= 11 is 2.05. The van der Waals surface area contributed by atoms with Gasteiger partial charge in [-0.1, -0.05) is 0 Å². The topological polar surface area (TPSA) is 94.1 Å². The van der Waals surface area contributed by atoms with Crippen LogP contribution in [0.15, 0.2) is 35.3 Å². The highest BCUT2D eigenvalue weighted by Gasteiger charge is 2.30. The molecule has 1 aliphatic rings. The van der Waals surface area contributed by atoms with Crippen molar-refractivity contribution in [3.8, 4) is 0 Å². The van der Waals surface area contributed by atoms with Gasteiger partial charge in [0.05, 0.1) is 20.8 Å². The second kappa shape index (κ2) is 8.02. The Morgan fingerprint density at radius 2 is 1.83 bits per heavy atom. The van der Waals surface area contributed by atoms with Gasteiger partial charge in [-0.3, -0.25) is 4.79 Å². The fraction of sp³-hybridized carbons (Fsp3) is 0.316. The van der Waals surface area contributed by atoms with Crippen LogP contribution in [0.4, 0.5) is 30.6 Å². The van der Waals surface area contributed by atoms with E-state index in [9.17, 15) is 23.1 Å². The lowest BCUT2D eigenvalue weighted by atomic mass is 10.1. The maximum atomic E-state index is 12.8. The number of rotatable bonds is 3. The molecule has 0 bridgehead atoms. The predicted octanol–water partition coefficient (Wildman–Crippen LogP) is 3.65. The molecular formula is C19H17F3IN5O2. The van der Waals surface area contributed by atoms with Gasteiger partial charge in [0.2, 0.25) is 5.95 Å². The van der Waals surface area contributed by atoms with Crippen LogP contribution < -0.4 is 15.8 Å². The number of fused-ring (bicyclic) bond motifs is 1. The van der Waals surface area contributed by atoms with Crippen molar-refractivity contribution in [3.05, 3.63) is 49.9 Å². The number of hydrogen-bond acceptors (Lipinski definition) is 6. The number of H-pyrrole nitrogens is 1. The van der Waals surface area contributed by atoms with E-state index in [0.29, 0.717) is 46.7 Å². The van der Waals surface area contributed by atoms with Crippen LogP contribution in [0.5, 0.6) is 0 Å². The average molecular weight is 531 g/mol. The molecule has 2 aromatic heterocycles. The van der Waals surface area contributed by atoms with E-state index in [2.05, 4.69) is 42.9 Å². The zero-order chi connectivity index (χ0) is 21.5. The number of nitrogens with zero attached hydrogens (tertiary/aromatic N) is 3. The summed E-state index contributed by atoms with van der Waals surface area (Å²) in [5.74, 6) is 0.605. The first-order chi connectivity index (χ1) is 14.2. The third kappa shape index (κ3) is 4.21. The van der Waals surface area contributed by atoms with Crippen molar-refractivity contribution >= 4 is 50.9 Å². The molecule has 1 aliphatic heterocycles. The number of piperidine rings is 1. The second-order valence-corrected chi connectivity index (χ2v) is 8.14. The molecule has 0 unspecified atom stereocenters. The number of aliphatic hydroxyl groups is 1. The first-order valence-electron chi connectivity index (χ1n) is 9.18. The highest BCUT2D eigenvalue weighted by atomic mass is 127. The fourth-order valence-electron chi connectivity index (χ4n) is 3.28. The van der Waals surface area contributed by atoms with Crippen molar-refractivity contribution < 1.29 is 18.3 Å². The number of nitrogens with one attached hydrogen (secondary N) is 2. The Morgan fingerprint density at radius 1 is 1.17 bits per heavy atom. The highest BCUT2D eigenvalue weighted by molar-refractivity contribution is 14.1. The third-order valence-corrected chi connectivity index (χ3v) is 5.73. The lowest BCUT2D eigenvalue weighted by Gasteiger charge is -2.30. The van der Waals surface area contributed by atoms with E-state index in [-0.39, 0.29) is 17.3 Å². The minimum absolute atomic E-state index is 0.209. The zero-order valence-corrected chi connectivity index (χ0v) is 17.7. The molecule has 7 nitrogen and oxygen atoms in total. The molecule has 3 heterocycles. The van der Waals surface area contributed by atoms with Gasteiger partial charge in [0.25, 0.3) is 5.56 Å². The molecular weight excluding hydrogens is 514 g/mol. The maximum Gasteiger partial charge on any atom is 0.416 e. The largest absolute Gasteiger partial charge is 0.416 e. The van der Waals surface area contributed by atoms with E-state index in [1.54, 1.807) is 6.20 Å². The van der Waals surface area contributed by atoms with Crippen LogP contribution in [-0.2, 0) is 6.18 Å². The summed E-state index contributed by atoms with van der Waals surface area (Å²) < 4.78 is 39.2. The number of alkyl halides is 3. The van der Waals surface area contributed by atoms with Crippen LogP contribution in [-0.4, -0.2) is 39.3 Å². The molecule has 11 heteroatoms. The first kappa shape index (κ1) is 20.8. The van der Waals surface area contributed by atoms with Crippen LogP contribution in [0.1, 0.15) is 18.4 Å². The minimum atomic E-state index is -4.43. The number of halogens is 4. The number of hydrogen-bond donors (Lipinski definition) is 3. The number of aromatic nitrogens is 3. The zero-order valence-electron chi connectivity index (χ0n) is 15.5. The SMILES string of the molecule is O=c1[nH]cc(I)c2nc(N3CCC(O)CC3)nc(Nc3ccc(C(F)(F)F)cc3)c12. The first-order valence-corrected chi connectivity index (χ1v) is 10.3. The van der Waals surface area contributed by atoms with Crippen LogP contribution >= 0.6 is 22.6 Å². The fourth-order valence-corrected chi connectivity index (χ4v) is 3.83. The molecule has 4 rings (SSSR count). The monoisotopic (exact) mass is 531 g/mol. The summed E-state index contributed by atoms with van der Waals surface area (Å²) in [5, 5.41) is 12.9. The molecule has 1 aromatic carbocycles. The normalized spacial score (nSPS) is 15.6. The Labute approximate surface area is 182 Å². The quantitative estimate of drug-likeness (QED) is 0.447. The van der Waals surface area contributed by atoms with Gasteiger partial charge in [-0.25, -0.2) is 4.98 Å². The summed E-state index contributed by atoms with van der Waals surface area (Å²) in [4.78, 5) is 26.1. The Balaban J connectivity index is 1.77. The highest BCUT2D eigenvalue weighted by Crippen LogP contribution is 2.31. The maximum absolute atomic E-state index is 12.8. The van der Waals surface area contributed by atoms with E-state index >= 15 is 0 Å². The summed E-state index contributed by atoms with van der Waals surface area (Å²) in [6.45, 7) is 1.12. The molecule has 0 saturated carbocycles. The van der Waals surface area contributed by atoms with Crippen molar-refractivity contribution in [2.45, 2.75) is 25.1 Å². The molecule has 0 radical (unpaired) electrons. The van der Waals surface area contributed by atoms with Crippen LogP contribution in [0.3, 0.4) is 0 Å². The molecule has 0 amide bonds. The average Bonchev–Trinajstić information content (AvgIpc) is 2.71.